The van der Waals surface area contributed by atoms with Crippen LogP contribution in [0.25, 0.3) is 0 Å². The number of oxime groups is 1. The summed E-state index contributed by atoms with van der Waals surface area (Å²) in [5, 5.41) is 9.38. The average molecular weight is 1010 g/mol. The van der Waals surface area contributed by atoms with E-state index in [0.717, 1.165) is 22.5 Å². The van der Waals surface area contributed by atoms with E-state index in [1.807, 2.05) is 91.0 Å². The van der Waals surface area contributed by atoms with Crippen molar-refractivity contribution in [3.05, 3.63) is 159 Å². The van der Waals surface area contributed by atoms with E-state index in [9.17, 15) is 19.2 Å². The van der Waals surface area contributed by atoms with E-state index >= 15 is 0 Å². The van der Waals surface area contributed by atoms with E-state index in [-0.39, 0.29) is 33.2 Å². The maximum atomic E-state index is 14.7. The summed E-state index contributed by atoms with van der Waals surface area (Å²) in [6.45, 7) is 5.14. The summed E-state index contributed by atoms with van der Waals surface area (Å²) in [6, 6.07) is 34.3. The molecule has 2 N–H and O–H groups in total. The first-order chi connectivity index (χ1) is 29.8. The number of alkyl halides is 1. The highest BCUT2D eigenvalue weighted by molar-refractivity contribution is 14.1. The summed E-state index contributed by atoms with van der Waals surface area (Å²) in [5.74, 6) is -0.913. The van der Waals surface area contributed by atoms with Crippen molar-refractivity contribution in [2.45, 2.75) is 50.0 Å². The molecule has 1 aromatic heterocycles. The largest absolute Gasteiger partial charge is 0.497 e. The number of fused-ring (bicyclic) bond motifs is 1. The lowest BCUT2D eigenvalue weighted by molar-refractivity contribution is -0.153. The first-order valence-electron chi connectivity index (χ1n) is 19.3. The van der Waals surface area contributed by atoms with Crippen LogP contribution in [0.3, 0.4) is 0 Å². The Hall–Kier alpha value is -5.43. The van der Waals surface area contributed by atoms with E-state index in [4.69, 9.17) is 30.6 Å². The molecule has 320 valence electrons. The zero-order valence-corrected chi connectivity index (χ0v) is 38.5. The molecule has 0 aliphatic carbocycles. The smallest absolute Gasteiger partial charge is 0.413 e. The Morgan fingerprint density at radius 2 is 1.48 bits per heavy atom. The van der Waals surface area contributed by atoms with Crippen molar-refractivity contribution in [3.63, 3.8) is 0 Å². The highest BCUT2D eigenvalue weighted by Crippen LogP contribution is 2.43. The van der Waals surface area contributed by atoms with Crippen molar-refractivity contribution >= 4 is 92.0 Å². The molecule has 62 heavy (non-hydrogen) atoms. The number of thioether (sulfide) groups is 1. The van der Waals surface area contributed by atoms with Crippen LogP contribution < -0.4 is 15.4 Å². The topological polar surface area (TPSA) is 158 Å². The van der Waals surface area contributed by atoms with Crippen LogP contribution in [-0.2, 0) is 40.9 Å². The van der Waals surface area contributed by atoms with Gasteiger partial charge in [0.25, 0.3) is 11.8 Å². The number of hydrogen-bond donors (Lipinski definition) is 2. The number of halogens is 2. The third-order valence-corrected chi connectivity index (χ3v) is 13.1. The van der Waals surface area contributed by atoms with E-state index in [2.05, 4.69) is 43.4 Å². The molecule has 0 bridgehead atoms. The summed E-state index contributed by atoms with van der Waals surface area (Å²) in [6.07, 6.45) is -0.781. The fraction of sp³-hybridized carbons (Fsp3) is 0.244. The van der Waals surface area contributed by atoms with Crippen LogP contribution in [0, 0.1) is 0 Å². The van der Waals surface area contributed by atoms with Gasteiger partial charge in [-0.05, 0) is 44.0 Å². The Bertz CT molecular complexity index is 2400. The molecule has 2 aliphatic heterocycles. The van der Waals surface area contributed by atoms with Crippen LogP contribution in [-0.4, -0.2) is 73.8 Å². The normalized spacial score (nSPS) is 16.5. The molecule has 3 amide bonds. The summed E-state index contributed by atoms with van der Waals surface area (Å²) in [7, 11) is 1.57. The van der Waals surface area contributed by atoms with Gasteiger partial charge in [-0.25, -0.2) is 14.6 Å². The number of esters is 1. The number of β-lactam (4-membered cyclic amide) rings is 1. The molecule has 4 aromatic carbocycles. The highest BCUT2D eigenvalue weighted by atomic mass is 127. The van der Waals surface area contributed by atoms with Gasteiger partial charge in [0.05, 0.1) is 7.11 Å². The van der Waals surface area contributed by atoms with Crippen molar-refractivity contribution in [1.82, 2.24) is 15.2 Å². The molecule has 2 aliphatic rings. The fourth-order valence-corrected chi connectivity index (χ4v) is 10.2. The number of benzene rings is 4. The number of amides is 3. The summed E-state index contributed by atoms with van der Waals surface area (Å²) < 4.78 is 16.8. The van der Waals surface area contributed by atoms with Gasteiger partial charge in [-0.3, -0.25) is 19.8 Å². The van der Waals surface area contributed by atoms with Crippen molar-refractivity contribution in [1.29, 1.82) is 0 Å². The van der Waals surface area contributed by atoms with Crippen LogP contribution in [0.15, 0.2) is 132 Å². The van der Waals surface area contributed by atoms with Crippen LogP contribution in [0.2, 0.25) is 4.34 Å². The molecular weight excluding hydrogens is 965 g/mol. The number of nitrogens with one attached hydrogen (secondary N) is 2. The standard InChI is InChI=1S/C45H41ClIN5O8S2/c1-44(2,3)59-43(56)50-42-49-33(37(46)62-42)34(51-60-45(29-14-8-5-9-15-29,30-16-10-6-11-17-30)31-18-12-7-13-19-31)38(53)48-35-39(54)52-36(28(24-47)26-61-40(35)52)41(55)58-25-27-20-22-32(57-4)23-21-27/h5-23,35,40H,24-26H2,1-4H3,(H,48,53)(H,49,50,56). The average Bonchev–Trinajstić information content (AvgIpc) is 3.64. The zero-order chi connectivity index (χ0) is 44.0. The molecule has 3 heterocycles. The Kier molecular flexibility index (Phi) is 13.9. The zero-order valence-electron chi connectivity index (χ0n) is 33.9. The predicted molar refractivity (Wildman–Crippen MR) is 248 cm³/mol. The third kappa shape index (κ3) is 9.62. The van der Waals surface area contributed by atoms with Crippen molar-refractivity contribution in [3.8, 4) is 5.75 Å². The Labute approximate surface area is 385 Å². The molecule has 1 fully saturated rings. The van der Waals surface area contributed by atoms with Gasteiger partial charge in [0.2, 0.25) is 5.60 Å². The van der Waals surface area contributed by atoms with Crippen molar-refractivity contribution in [2.75, 3.05) is 22.6 Å². The number of carbonyl (C=O) groups excluding carboxylic acids is 4. The molecule has 2 unspecified atom stereocenters. The number of aromatic nitrogens is 1. The lowest BCUT2D eigenvalue weighted by atomic mass is 9.80. The summed E-state index contributed by atoms with van der Waals surface area (Å²) in [4.78, 5) is 67.7. The summed E-state index contributed by atoms with van der Waals surface area (Å²) in [5.41, 5.74) is 1.04. The van der Waals surface area contributed by atoms with Gasteiger partial charge in [0.15, 0.2) is 10.8 Å². The van der Waals surface area contributed by atoms with Gasteiger partial charge < -0.3 is 24.4 Å². The molecule has 0 spiro atoms. The predicted octanol–water partition coefficient (Wildman–Crippen LogP) is 8.70. The maximum absolute atomic E-state index is 14.7. The first kappa shape index (κ1) is 44.6. The quantitative estimate of drug-likeness (QED) is 0.0210. The van der Waals surface area contributed by atoms with E-state index in [1.54, 1.807) is 52.1 Å². The third-order valence-electron chi connectivity index (χ3n) is 9.67. The van der Waals surface area contributed by atoms with Gasteiger partial charge in [0.1, 0.15) is 45.1 Å². The number of ether oxygens (including phenoxy) is 3. The molecular formula is C45H41ClIN5O8S2. The molecule has 13 nitrogen and oxygen atoms in total. The van der Waals surface area contributed by atoms with Gasteiger partial charge in [-0.1, -0.05) is 154 Å². The van der Waals surface area contributed by atoms with Crippen LogP contribution in [0.4, 0.5) is 9.93 Å². The second-order valence-corrected chi connectivity index (χ2v) is 18.4. The van der Waals surface area contributed by atoms with E-state index in [0.29, 0.717) is 32.6 Å². The summed E-state index contributed by atoms with van der Waals surface area (Å²) >= 11 is 11.3. The maximum Gasteiger partial charge on any atom is 0.413 e. The minimum atomic E-state index is -1.40. The molecule has 1 saturated heterocycles. The number of rotatable bonds is 14. The molecule has 0 radical (unpaired) electrons. The van der Waals surface area contributed by atoms with Crippen LogP contribution in [0.1, 0.15) is 48.7 Å². The van der Waals surface area contributed by atoms with Crippen LogP contribution in [0.5, 0.6) is 5.75 Å². The minimum Gasteiger partial charge on any atom is -0.497 e. The van der Waals surface area contributed by atoms with Crippen molar-refractivity contribution in [2.24, 2.45) is 5.16 Å². The minimum absolute atomic E-state index is 0.00316. The van der Waals surface area contributed by atoms with Gasteiger partial charge in [-0.15, -0.1) is 11.8 Å². The first-order valence-corrected chi connectivity index (χ1v) is 23.0. The number of methoxy groups -OCH3 is 1. The fourth-order valence-electron chi connectivity index (χ4n) is 6.80. The Morgan fingerprint density at radius 3 is 2.02 bits per heavy atom. The number of nitrogens with zero attached hydrogens (tertiary/aromatic N) is 3. The van der Waals surface area contributed by atoms with Crippen molar-refractivity contribution < 1.29 is 38.2 Å². The second kappa shape index (κ2) is 19.3. The Morgan fingerprint density at radius 1 is 0.903 bits per heavy atom. The second-order valence-electron chi connectivity index (χ2n) is 14.9. The van der Waals surface area contributed by atoms with Gasteiger partial charge >= 0.3 is 12.1 Å². The van der Waals surface area contributed by atoms with Gasteiger partial charge in [-0.2, -0.15) is 0 Å². The number of anilines is 1. The monoisotopic (exact) mass is 1010 g/mol. The molecule has 17 heteroatoms. The van der Waals surface area contributed by atoms with E-state index in [1.165, 1.54) is 16.7 Å². The number of thiazole rings is 1. The SMILES string of the molecule is COc1ccc(COC(=O)C2=C(CI)CSC3C(NC(=O)C(=NOC(c4ccccc4)(c4ccccc4)c4ccccc4)c4nc(NC(=O)OC(C)(C)C)sc4Cl)C(=O)N23)cc1. The Balaban J connectivity index is 1.23. The van der Waals surface area contributed by atoms with Crippen LogP contribution >= 0.6 is 57.3 Å². The molecule has 2 atom stereocenters. The molecule has 5 aromatic rings. The molecule has 0 saturated carbocycles. The lowest BCUT2D eigenvalue weighted by Crippen LogP contribution is -2.71. The highest BCUT2D eigenvalue weighted by Gasteiger charge is 2.55. The molecule has 7 rings (SSSR count). The number of hydrogen-bond acceptors (Lipinski definition) is 12. The number of carbonyl (C=O) groups is 4. The van der Waals surface area contributed by atoms with Gasteiger partial charge in [0, 0.05) is 26.9 Å². The van der Waals surface area contributed by atoms with E-state index < -0.39 is 46.5 Å². The lowest BCUT2D eigenvalue weighted by Gasteiger charge is -2.49.